The molecule has 0 aliphatic carbocycles. The van der Waals surface area contributed by atoms with Crippen LogP contribution in [0.15, 0.2) is 53.0 Å². The van der Waals surface area contributed by atoms with Crippen molar-refractivity contribution in [2.24, 2.45) is 0 Å². The van der Waals surface area contributed by atoms with E-state index in [9.17, 15) is 9.59 Å². The molecule has 2 amide bonds. The van der Waals surface area contributed by atoms with Gasteiger partial charge in [-0.15, -0.1) is 0 Å². The highest BCUT2D eigenvalue weighted by atomic mass is 79.9. The van der Waals surface area contributed by atoms with Gasteiger partial charge in [-0.05, 0) is 61.9 Å². The normalized spacial score (nSPS) is 11.3. The van der Waals surface area contributed by atoms with Gasteiger partial charge in [0.1, 0.15) is 11.5 Å². The molecule has 6 nitrogen and oxygen atoms in total. The molecule has 2 rings (SSSR count). The molecule has 0 saturated carbocycles. The lowest BCUT2D eigenvalue weighted by Crippen LogP contribution is -2.43. The van der Waals surface area contributed by atoms with Crippen molar-refractivity contribution in [2.75, 3.05) is 6.61 Å². The Morgan fingerprint density at radius 2 is 1.62 bits per heavy atom. The molecule has 0 spiro atoms. The summed E-state index contributed by atoms with van der Waals surface area (Å²) in [6, 6.07) is 13.8. The summed E-state index contributed by atoms with van der Waals surface area (Å²) in [6.45, 7) is 3.81. The number of nitrogens with one attached hydrogen (secondary N) is 2. The highest BCUT2D eigenvalue weighted by molar-refractivity contribution is 9.10. The summed E-state index contributed by atoms with van der Waals surface area (Å²) >= 11 is 3.32. The largest absolute Gasteiger partial charge is 0.491 e. The van der Waals surface area contributed by atoms with Gasteiger partial charge in [-0.2, -0.15) is 0 Å². The molecule has 7 heteroatoms. The number of benzene rings is 2. The van der Waals surface area contributed by atoms with Crippen LogP contribution in [0.4, 0.5) is 0 Å². The van der Waals surface area contributed by atoms with Gasteiger partial charge in [0.15, 0.2) is 6.61 Å². The zero-order valence-corrected chi connectivity index (χ0v) is 16.2. The minimum atomic E-state index is -0.460. The number of ether oxygens (including phenoxy) is 2. The minimum absolute atomic E-state index is 0.111. The predicted molar refractivity (Wildman–Crippen MR) is 102 cm³/mol. The number of hydrogen-bond acceptors (Lipinski definition) is 4. The Morgan fingerprint density at radius 1 is 1.00 bits per heavy atom. The summed E-state index contributed by atoms with van der Waals surface area (Å²) < 4.78 is 11.9. The van der Waals surface area contributed by atoms with Crippen LogP contribution in [0.1, 0.15) is 30.6 Å². The van der Waals surface area contributed by atoms with Crippen LogP contribution in [0.2, 0.25) is 0 Å². The molecule has 0 aliphatic rings. The fourth-order valence-corrected chi connectivity index (χ4v) is 2.18. The second-order valence-corrected chi connectivity index (χ2v) is 6.52. The summed E-state index contributed by atoms with van der Waals surface area (Å²) in [5.41, 5.74) is 5.08. The Kier molecular flexibility index (Phi) is 7.47. The van der Waals surface area contributed by atoms with Gasteiger partial charge in [0.25, 0.3) is 11.8 Å². The van der Waals surface area contributed by atoms with Crippen molar-refractivity contribution >= 4 is 27.7 Å². The van der Waals surface area contributed by atoms with Crippen molar-refractivity contribution in [2.45, 2.75) is 26.4 Å². The molecule has 0 saturated heterocycles. The molecule has 1 unspecified atom stereocenters. The Balaban J connectivity index is 1.76. The molecular weight excluding hydrogens is 400 g/mol. The number of carbonyl (C=O) groups is 2. The third-order valence-electron chi connectivity index (χ3n) is 3.53. The highest BCUT2D eigenvalue weighted by Crippen LogP contribution is 2.16. The molecule has 2 aromatic rings. The number of carbonyl (C=O) groups excluding carboxylic acids is 2. The van der Waals surface area contributed by atoms with E-state index in [1.165, 1.54) is 0 Å². The lowest BCUT2D eigenvalue weighted by atomic mass is 10.2. The molecule has 0 heterocycles. The van der Waals surface area contributed by atoms with Gasteiger partial charge in [-0.3, -0.25) is 20.4 Å². The number of hydrogen-bond donors (Lipinski definition) is 2. The van der Waals surface area contributed by atoms with E-state index in [4.69, 9.17) is 9.47 Å². The zero-order chi connectivity index (χ0) is 18.9. The topological polar surface area (TPSA) is 76.7 Å². The fourth-order valence-electron chi connectivity index (χ4n) is 1.91. The molecule has 0 fully saturated rings. The van der Waals surface area contributed by atoms with Crippen LogP contribution in [0.3, 0.4) is 0 Å². The molecule has 2 N–H and O–H groups in total. The molecular formula is C19H21BrN2O4. The van der Waals surface area contributed by atoms with Crippen molar-refractivity contribution in [3.8, 4) is 11.5 Å². The van der Waals surface area contributed by atoms with Crippen molar-refractivity contribution in [3.63, 3.8) is 0 Å². The van der Waals surface area contributed by atoms with Gasteiger partial charge >= 0.3 is 0 Å². The van der Waals surface area contributed by atoms with E-state index < -0.39 is 11.8 Å². The molecule has 0 aliphatic heterocycles. The van der Waals surface area contributed by atoms with Crippen molar-refractivity contribution in [1.82, 2.24) is 10.9 Å². The van der Waals surface area contributed by atoms with Crippen LogP contribution in [0.25, 0.3) is 0 Å². The van der Waals surface area contributed by atoms with E-state index in [1.807, 2.05) is 26.0 Å². The van der Waals surface area contributed by atoms with E-state index in [-0.39, 0.29) is 12.7 Å². The fraction of sp³-hybridized carbons (Fsp3) is 0.263. The van der Waals surface area contributed by atoms with Gasteiger partial charge in [-0.1, -0.05) is 22.9 Å². The number of hydrazine groups is 1. The van der Waals surface area contributed by atoms with E-state index in [0.717, 1.165) is 10.9 Å². The van der Waals surface area contributed by atoms with Gasteiger partial charge in [-0.25, -0.2) is 0 Å². The quantitative estimate of drug-likeness (QED) is 0.672. The van der Waals surface area contributed by atoms with E-state index in [1.54, 1.807) is 36.4 Å². The smallest absolute Gasteiger partial charge is 0.276 e. The lowest BCUT2D eigenvalue weighted by Gasteiger charge is -2.13. The molecule has 0 radical (unpaired) electrons. The van der Waals surface area contributed by atoms with Gasteiger partial charge in [0.2, 0.25) is 0 Å². The molecule has 1 atom stereocenters. The SMILES string of the molecule is CCC(C)Oc1ccc(C(=O)NNC(=O)COc2ccc(Br)cc2)cc1. The van der Waals surface area contributed by atoms with Gasteiger partial charge < -0.3 is 9.47 Å². The minimum Gasteiger partial charge on any atom is -0.491 e. The molecule has 0 aromatic heterocycles. The maximum atomic E-state index is 12.0. The van der Waals surface area contributed by atoms with E-state index >= 15 is 0 Å². The molecule has 2 aromatic carbocycles. The van der Waals surface area contributed by atoms with Crippen molar-refractivity contribution < 1.29 is 19.1 Å². The second kappa shape index (κ2) is 9.82. The Morgan fingerprint density at radius 3 is 2.23 bits per heavy atom. The average molecular weight is 421 g/mol. The third-order valence-corrected chi connectivity index (χ3v) is 4.06. The van der Waals surface area contributed by atoms with Gasteiger partial charge in [0.05, 0.1) is 6.10 Å². The van der Waals surface area contributed by atoms with Crippen LogP contribution >= 0.6 is 15.9 Å². The van der Waals surface area contributed by atoms with Crippen molar-refractivity contribution in [3.05, 3.63) is 58.6 Å². The molecule has 138 valence electrons. The average Bonchev–Trinajstić information content (AvgIpc) is 2.66. The van der Waals surface area contributed by atoms with Crippen LogP contribution in [0, 0.1) is 0 Å². The number of halogens is 1. The molecule has 26 heavy (non-hydrogen) atoms. The summed E-state index contributed by atoms with van der Waals surface area (Å²) in [5, 5.41) is 0. The van der Waals surface area contributed by atoms with Gasteiger partial charge in [0, 0.05) is 10.0 Å². The standard InChI is InChI=1S/C19H21BrN2O4/c1-3-13(2)26-17-8-4-14(5-9-17)19(24)22-21-18(23)12-25-16-10-6-15(20)7-11-16/h4-11,13H,3,12H2,1-2H3,(H,21,23)(H,22,24). The first-order valence-electron chi connectivity index (χ1n) is 8.22. The lowest BCUT2D eigenvalue weighted by molar-refractivity contribution is -0.123. The first-order chi connectivity index (χ1) is 12.5. The Labute approximate surface area is 161 Å². The summed E-state index contributed by atoms with van der Waals surface area (Å²) in [7, 11) is 0. The maximum Gasteiger partial charge on any atom is 0.276 e. The van der Waals surface area contributed by atoms with E-state index in [2.05, 4.69) is 26.8 Å². The van der Waals surface area contributed by atoms with Crippen LogP contribution in [-0.2, 0) is 4.79 Å². The first kappa shape index (κ1) is 19.8. The van der Waals surface area contributed by atoms with Crippen LogP contribution in [0.5, 0.6) is 11.5 Å². The predicted octanol–water partition coefficient (Wildman–Crippen LogP) is 3.47. The first-order valence-corrected chi connectivity index (χ1v) is 9.01. The van der Waals surface area contributed by atoms with Crippen LogP contribution < -0.4 is 20.3 Å². The number of rotatable bonds is 7. The summed E-state index contributed by atoms with van der Waals surface area (Å²) in [5.74, 6) is 0.379. The maximum absolute atomic E-state index is 12.0. The third kappa shape index (κ3) is 6.40. The number of amides is 2. The highest BCUT2D eigenvalue weighted by Gasteiger charge is 2.09. The zero-order valence-electron chi connectivity index (χ0n) is 14.6. The monoisotopic (exact) mass is 420 g/mol. The Hall–Kier alpha value is -2.54. The summed E-state index contributed by atoms with van der Waals surface area (Å²) in [6.07, 6.45) is 1.01. The Bertz CT molecular complexity index is 732. The van der Waals surface area contributed by atoms with Crippen molar-refractivity contribution in [1.29, 1.82) is 0 Å². The summed E-state index contributed by atoms with van der Waals surface area (Å²) in [4.78, 5) is 23.8. The van der Waals surface area contributed by atoms with E-state index in [0.29, 0.717) is 17.1 Å². The second-order valence-electron chi connectivity index (χ2n) is 5.61. The van der Waals surface area contributed by atoms with Crippen LogP contribution in [-0.4, -0.2) is 24.5 Å². The molecule has 0 bridgehead atoms.